The van der Waals surface area contributed by atoms with Crippen molar-refractivity contribution in [3.63, 3.8) is 0 Å². The summed E-state index contributed by atoms with van der Waals surface area (Å²) in [7, 11) is 0. The summed E-state index contributed by atoms with van der Waals surface area (Å²) in [6.07, 6.45) is 1.31. The molecule has 1 nitrogen and oxygen atoms in total. The topological polar surface area (TPSA) is 23.8 Å². The Kier molecular flexibility index (Phi) is 4.95. The molecule has 2 atom stereocenters. The summed E-state index contributed by atoms with van der Waals surface area (Å²) in [6.45, 7) is 4.12. The third-order valence-electron chi connectivity index (χ3n) is 3.00. The number of halogens is 2. The van der Waals surface area contributed by atoms with Crippen LogP contribution in [0.25, 0.3) is 0 Å². The van der Waals surface area contributed by atoms with Crippen molar-refractivity contribution in [2.75, 3.05) is 0 Å². The number of hydrogen-bond acceptors (Lipinski definition) is 1. The number of benzene rings is 1. The molecule has 3 heteroatoms. The van der Waals surface area contributed by atoms with Crippen LogP contribution >= 0.6 is 15.9 Å². The lowest BCUT2D eigenvalue weighted by atomic mass is 9.83. The second-order valence-electron chi connectivity index (χ2n) is 4.02. The molecule has 0 aromatic heterocycles. The number of nitrogens with zero attached hydrogens (tertiary/aromatic N) is 1. The van der Waals surface area contributed by atoms with Gasteiger partial charge < -0.3 is 0 Å². The largest absolute Gasteiger partial charge is 0.207 e. The van der Waals surface area contributed by atoms with Gasteiger partial charge in [-0.15, -0.1) is 0 Å². The molecule has 0 spiro atoms. The molecule has 1 rings (SSSR count). The van der Waals surface area contributed by atoms with Crippen molar-refractivity contribution in [3.05, 3.63) is 34.1 Å². The predicted octanol–water partition coefficient (Wildman–Crippen LogP) is 4.63. The molecule has 0 bridgehead atoms. The maximum Gasteiger partial charge on any atom is 0.126 e. The molecule has 0 aliphatic carbocycles. The molecule has 1 aromatic carbocycles. The Morgan fingerprint density at radius 1 is 1.50 bits per heavy atom. The highest BCUT2D eigenvalue weighted by molar-refractivity contribution is 9.10. The molecule has 0 saturated heterocycles. The smallest absolute Gasteiger partial charge is 0.126 e. The van der Waals surface area contributed by atoms with E-state index in [1.165, 1.54) is 6.07 Å². The van der Waals surface area contributed by atoms with Crippen LogP contribution in [0.1, 0.15) is 38.2 Å². The Balaban J connectivity index is 3.10. The Hall–Kier alpha value is -0.880. The van der Waals surface area contributed by atoms with E-state index >= 15 is 0 Å². The molecule has 0 aliphatic heterocycles. The molecule has 0 radical (unpaired) electrons. The SMILES string of the molecule is CCC(C)C(CC#N)c1cc(Br)ccc1F. The zero-order chi connectivity index (χ0) is 12.1. The Bertz CT molecular complexity index is 397. The Morgan fingerprint density at radius 2 is 2.19 bits per heavy atom. The molecule has 0 N–H and O–H groups in total. The zero-order valence-corrected chi connectivity index (χ0v) is 11.1. The fraction of sp³-hybridized carbons (Fsp3) is 0.462. The van der Waals surface area contributed by atoms with Crippen molar-refractivity contribution in [2.45, 2.75) is 32.6 Å². The van der Waals surface area contributed by atoms with Gasteiger partial charge in [0, 0.05) is 16.8 Å². The van der Waals surface area contributed by atoms with Crippen molar-refractivity contribution in [3.8, 4) is 6.07 Å². The van der Waals surface area contributed by atoms with E-state index in [-0.39, 0.29) is 11.7 Å². The van der Waals surface area contributed by atoms with Gasteiger partial charge in [0.2, 0.25) is 0 Å². The normalized spacial score (nSPS) is 14.2. The van der Waals surface area contributed by atoms with Gasteiger partial charge in [-0.25, -0.2) is 4.39 Å². The lowest BCUT2D eigenvalue weighted by Gasteiger charge is -2.21. The highest BCUT2D eigenvalue weighted by atomic mass is 79.9. The van der Waals surface area contributed by atoms with Crippen LogP contribution in [0.4, 0.5) is 4.39 Å². The van der Waals surface area contributed by atoms with E-state index in [0.29, 0.717) is 17.9 Å². The highest BCUT2D eigenvalue weighted by Crippen LogP contribution is 2.33. The van der Waals surface area contributed by atoms with Crippen molar-refractivity contribution >= 4 is 15.9 Å². The number of rotatable bonds is 4. The molecule has 1 aromatic rings. The summed E-state index contributed by atoms with van der Waals surface area (Å²) >= 11 is 3.34. The first-order valence-corrected chi connectivity index (χ1v) is 6.21. The molecule has 0 aliphatic rings. The van der Waals surface area contributed by atoms with Gasteiger partial charge in [0.15, 0.2) is 0 Å². The van der Waals surface area contributed by atoms with Crippen molar-refractivity contribution in [1.29, 1.82) is 5.26 Å². The minimum atomic E-state index is -0.219. The summed E-state index contributed by atoms with van der Waals surface area (Å²) < 4.78 is 14.6. The van der Waals surface area contributed by atoms with E-state index < -0.39 is 0 Å². The first-order chi connectivity index (χ1) is 7.60. The van der Waals surface area contributed by atoms with E-state index in [9.17, 15) is 4.39 Å². The van der Waals surface area contributed by atoms with Crippen LogP contribution in [0.15, 0.2) is 22.7 Å². The van der Waals surface area contributed by atoms with Crippen molar-refractivity contribution in [1.82, 2.24) is 0 Å². The van der Waals surface area contributed by atoms with Gasteiger partial charge in [-0.2, -0.15) is 5.26 Å². The lowest BCUT2D eigenvalue weighted by Crippen LogP contribution is -2.10. The summed E-state index contributed by atoms with van der Waals surface area (Å²) in [6, 6.07) is 7.06. The molecule has 0 amide bonds. The van der Waals surface area contributed by atoms with Crippen molar-refractivity contribution in [2.24, 2.45) is 5.92 Å². The van der Waals surface area contributed by atoms with Gasteiger partial charge in [0.1, 0.15) is 5.82 Å². The van der Waals surface area contributed by atoms with Gasteiger partial charge in [-0.3, -0.25) is 0 Å². The summed E-state index contributed by atoms with van der Waals surface area (Å²) in [5.74, 6) is 0.0692. The van der Waals surface area contributed by atoms with Crippen LogP contribution in [-0.4, -0.2) is 0 Å². The molecule has 86 valence electrons. The second-order valence-corrected chi connectivity index (χ2v) is 4.94. The summed E-state index contributed by atoms with van der Waals surface area (Å²) in [5, 5.41) is 8.82. The summed E-state index contributed by atoms with van der Waals surface area (Å²) in [5.41, 5.74) is 0.644. The average Bonchev–Trinajstić information content (AvgIpc) is 2.28. The maximum atomic E-state index is 13.7. The van der Waals surface area contributed by atoms with Gasteiger partial charge in [0.05, 0.1) is 6.07 Å². The monoisotopic (exact) mass is 283 g/mol. The van der Waals surface area contributed by atoms with Crippen LogP contribution in [0.3, 0.4) is 0 Å². The molecule has 0 fully saturated rings. The van der Waals surface area contributed by atoms with Gasteiger partial charge in [-0.1, -0.05) is 36.2 Å². The minimum Gasteiger partial charge on any atom is -0.207 e. The Labute approximate surface area is 104 Å². The van der Waals surface area contributed by atoms with Gasteiger partial charge in [0.25, 0.3) is 0 Å². The van der Waals surface area contributed by atoms with E-state index in [4.69, 9.17) is 5.26 Å². The van der Waals surface area contributed by atoms with Crippen LogP contribution in [-0.2, 0) is 0 Å². The fourth-order valence-corrected chi connectivity index (χ4v) is 2.18. The molecular formula is C13H15BrFN. The third-order valence-corrected chi connectivity index (χ3v) is 3.49. The van der Waals surface area contributed by atoms with Crippen molar-refractivity contribution < 1.29 is 4.39 Å². The molecule has 16 heavy (non-hydrogen) atoms. The second kappa shape index (κ2) is 6.00. The van der Waals surface area contributed by atoms with E-state index in [1.54, 1.807) is 12.1 Å². The zero-order valence-electron chi connectivity index (χ0n) is 9.50. The van der Waals surface area contributed by atoms with E-state index in [0.717, 1.165) is 10.9 Å². The first-order valence-electron chi connectivity index (χ1n) is 5.42. The van der Waals surface area contributed by atoms with Crippen LogP contribution in [0, 0.1) is 23.1 Å². The number of nitriles is 1. The van der Waals surface area contributed by atoms with Crippen LogP contribution in [0.5, 0.6) is 0 Å². The quantitative estimate of drug-likeness (QED) is 0.790. The fourth-order valence-electron chi connectivity index (χ4n) is 1.80. The molecule has 2 unspecified atom stereocenters. The molecule has 0 saturated carbocycles. The van der Waals surface area contributed by atoms with Crippen LogP contribution in [0.2, 0.25) is 0 Å². The summed E-state index contributed by atoms with van der Waals surface area (Å²) in [4.78, 5) is 0. The predicted molar refractivity (Wildman–Crippen MR) is 66.5 cm³/mol. The average molecular weight is 284 g/mol. The van der Waals surface area contributed by atoms with Gasteiger partial charge in [-0.05, 0) is 29.7 Å². The highest BCUT2D eigenvalue weighted by Gasteiger charge is 2.21. The van der Waals surface area contributed by atoms with E-state index in [1.807, 2.05) is 0 Å². The van der Waals surface area contributed by atoms with Gasteiger partial charge >= 0.3 is 0 Å². The lowest BCUT2D eigenvalue weighted by molar-refractivity contribution is 0.434. The minimum absolute atomic E-state index is 0.0208. The Morgan fingerprint density at radius 3 is 2.75 bits per heavy atom. The molecule has 0 heterocycles. The standard InChI is InChI=1S/C13H15BrFN/c1-3-9(2)11(6-7-16)12-8-10(14)4-5-13(12)15/h4-5,8-9,11H,3,6H2,1-2H3. The van der Waals surface area contributed by atoms with E-state index in [2.05, 4.69) is 35.8 Å². The molecular weight excluding hydrogens is 269 g/mol. The third kappa shape index (κ3) is 3.05. The van der Waals surface area contributed by atoms with Crippen LogP contribution < -0.4 is 0 Å². The first kappa shape index (κ1) is 13.2. The maximum absolute atomic E-state index is 13.7. The number of hydrogen-bond donors (Lipinski definition) is 0.